The van der Waals surface area contributed by atoms with E-state index in [1.165, 1.54) is 0 Å². The Morgan fingerprint density at radius 1 is 1.07 bits per heavy atom. The fraction of sp³-hybridized carbons (Fsp3) is 0.818. The zero-order valence-corrected chi connectivity index (χ0v) is 10.1. The lowest BCUT2D eigenvalue weighted by Crippen LogP contribution is -2.18. The summed E-state index contributed by atoms with van der Waals surface area (Å²) in [7, 11) is 3.21. The van der Waals surface area contributed by atoms with Gasteiger partial charge in [-0.2, -0.15) is 0 Å². The highest BCUT2D eigenvalue weighted by atomic mass is 16.7. The van der Waals surface area contributed by atoms with Crippen LogP contribution in [0.5, 0.6) is 0 Å². The third-order valence-electron chi connectivity index (χ3n) is 1.78. The molecule has 0 N–H and O–H groups in total. The molecular weight excluding hydrogens is 196 g/mol. The first kappa shape index (κ1) is 14.6. The summed E-state index contributed by atoms with van der Waals surface area (Å²) in [6.07, 6.45) is 3.98. The summed E-state index contributed by atoms with van der Waals surface area (Å²) in [5.41, 5.74) is 0. The van der Waals surface area contributed by atoms with E-state index >= 15 is 0 Å². The molecule has 0 saturated carbocycles. The summed E-state index contributed by atoms with van der Waals surface area (Å²) in [4.78, 5) is 0. The first-order valence-corrected chi connectivity index (χ1v) is 5.06. The summed E-state index contributed by atoms with van der Waals surface area (Å²) in [5, 5.41) is 0. The Morgan fingerprint density at radius 3 is 2.27 bits per heavy atom. The van der Waals surface area contributed by atoms with Crippen molar-refractivity contribution in [3.8, 4) is 0 Å². The second kappa shape index (κ2) is 10.1. The molecule has 0 fully saturated rings. The number of ether oxygens (including phenoxy) is 4. The standard InChI is InChI=1S/C11H22O4/c1-10(2)11(15-9-13-4)6-5-7-14-8-12-3/h5-6,10-11H,7-9H2,1-4H3/b6-5-. The Kier molecular flexibility index (Phi) is 9.83. The maximum atomic E-state index is 5.46. The minimum Gasteiger partial charge on any atom is -0.359 e. The van der Waals surface area contributed by atoms with Crippen LogP contribution < -0.4 is 0 Å². The lowest BCUT2D eigenvalue weighted by atomic mass is 10.1. The zero-order chi connectivity index (χ0) is 11.5. The van der Waals surface area contributed by atoms with Gasteiger partial charge in [0.05, 0.1) is 12.7 Å². The summed E-state index contributed by atoms with van der Waals surface area (Å²) in [6.45, 7) is 5.36. The van der Waals surface area contributed by atoms with Crippen molar-refractivity contribution < 1.29 is 18.9 Å². The van der Waals surface area contributed by atoms with Gasteiger partial charge in [-0.3, -0.25) is 0 Å². The molecule has 0 rings (SSSR count). The molecule has 0 aromatic heterocycles. The van der Waals surface area contributed by atoms with E-state index in [1.54, 1.807) is 14.2 Å². The van der Waals surface area contributed by atoms with Crippen LogP contribution in [0.1, 0.15) is 13.8 Å². The van der Waals surface area contributed by atoms with Gasteiger partial charge in [-0.05, 0) is 5.92 Å². The molecule has 1 unspecified atom stereocenters. The van der Waals surface area contributed by atoms with Gasteiger partial charge in [0, 0.05) is 14.2 Å². The molecule has 0 amide bonds. The average Bonchev–Trinajstić information content (AvgIpc) is 2.21. The molecule has 0 aliphatic rings. The fourth-order valence-corrected chi connectivity index (χ4v) is 1.01. The van der Waals surface area contributed by atoms with Crippen molar-refractivity contribution in [1.29, 1.82) is 0 Å². The summed E-state index contributed by atoms with van der Waals surface area (Å²) in [5.74, 6) is 0.416. The lowest BCUT2D eigenvalue weighted by Gasteiger charge is -2.17. The number of hydrogen-bond donors (Lipinski definition) is 0. The molecule has 0 aromatic rings. The van der Waals surface area contributed by atoms with Gasteiger partial charge in [0.2, 0.25) is 0 Å². The van der Waals surface area contributed by atoms with Gasteiger partial charge >= 0.3 is 0 Å². The van der Waals surface area contributed by atoms with Crippen LogP contribution in [0.2, 0.25) is 0 Å². The molecule has 1 atom stereocenters. The lowest BCUT2D eigenvalue weighted by molar-refractivity contribution is -0.0690. The van der Waals surface area contributed by atoms with Crippen LogP contribution in [-0.4, -0.2) is 40.5 Å². The van der Waals surface area contributed by atoms with E-state index in [2.05, 4.69) is 13.8 Å². The first-order chi connectivity index (χ1) is 7.22. The molecule has 0 saturated heterocycles. The van der Waals surface area contributed by atoms with Crippen molar-refractivity contribution in [2.75, 3.05) is 34.4 Å². The molecule has 0 aliphatic heterocycles. The van der Waals surface area contributed by atoms with Gasteiger partial charge in [-0.15, -0.1) is 0 Å². The van der Waals surface area contributed by atoms with Crippen molar-refractivity contribution >= 4 is 0 Å². The van der Waals surface area contributed by atoms with Crippen LogP contribution in [0, 0.1) is 5.92 Å². The first-order valence-electron chi connectivity index (χ1n) is 5.06. The van der Waals surface area contributed by atoms with E-state index in [1.807, 2.05) is 12.2 Å². The van der Waals surface area contributed by atoms with E-state index in [0.717, 1.165) is 0 Å². The van der Waals surface area contributed by atoms with Gasteiger partial charge in [0.15, 0.2) is 0 Å². The monoisotopic (exact) mass is 218 g/mol. The Balaban J connectivity index is 3.72. The van der Waals surface area contributed by atoms with Crippen LogP contribution in [0.15, 0.2) is 12.2 Å². The molecule has 90 valence electrons. The maximum absolute atomic E-state index is 5.46. The number of methoxy groups -OCH3 is 2. The van der Waals surface area contributed by atoms with Gasteiger partial charge in [0.1, 0.15) is 13.6 Å². The van der Waals surface area contributed by atoms with Crippen molar-refractivity contribution in [2.24, 2.45) is 5.92 Å². The fourth-order valence-electron chi connectivity index (χ4n) is 1.01. The van der Waals surface area contributed by atoms with Gasteiger partial charge < -0.3 is 18.9 Å². The Labute approximate surface area is 92.2 Å². The molecule has 0 bridgehead atoms. The van der Waals surface area contributed by atoms with Crippen LogP contribution in [0.4, 0.5) is 0 Å². The molecule has 0 aliphatic carbocycles. The Morgan fingerprint density at radius 2 is 1.73 bits per heavy atom. The maximum Gasteiger partial charge on any atom is 0.147 e. The van der Waals surface area contributed by atoms with Crippen molar-refractivity contribution in [2.45, 2.75) is 20.0 Å². The van der Waals surface area contributed by atoms with E-state index in [9.17, 15) is 0 Å². The Bertz CT molecular complexity index is 157. The highest BCUT2D eigenvalue weighted by molar-refractivity contribution is 4.91. The smallest absolute Gasteiger partial charge is 0.147 e. The largest absolute Gasteiger partial charge is 0.359 e. The minimum atomic E-state index is 0.0658. The van der Waals surface area contributed by atoms with Crippen molar-refractivity contribution in [3.63, 3.8) is 0 Å². The van der Waals surface area contributed by atoms with Gasteiger partial charge in [-0.25, -0.2) is 0 Å². The van der Waals surface area contributed by atoms with Gasteiger partial charge in [0.25, 0.3) is 0 Å². The molecular formula is C11H22O4. The molecule has 0 spiro atoms. The molecule has 4 heteroatoms. The predicted octanol–water partition coefficient (Wildman–Crippen LogP) is 1.81. The summed E-state index contributed by atoms with van der Waals surface area (Å²) >= 11 is 0. The molecule has 4 nitrogen and oxygen atoms in total. The van der Waals surface area contributed by atoms with E-state index in [4.69, 9.17) is 18.9 Å². The number of hydrogen-bond acceptors (Lipinski definition) is 4. The highest BCUT2D eigenvalue weighted by Gasteiger charge is 2.09. The van der Waals surface area contributed by atoms with Crippen LogP contribution >= 0.6 is 0 Å². The second-order valence-electron chi connectivity index (χ2n) is 3.49. The third-order valence-corrected chi connectivity index (χ3v) is 1.78. The number of rotatable bonds is 9. The van der Waals surface area contributed by atoms with Crippen molar-refractivity contribution in [3.05, 3.63) is 12.2 Å². The summed E-state index contributed by atoms with van der Waals surface area (Å²) in [6, 6.07) is 0. The molecule has 0 aromatic carbocycles. The van der Waals surface area contributed by atoms with Gasteiger partial charge in [-0.1, -0.05) is 26.0 Å². The third kappa shape index (κ3) is 8.57. The highest BCUT2D eigenvalue weighted by Crippen LogP contribution is 2.07. The van der Waals surface area contributed by atoms with Crippen molar-refractivity contribution in [1.82, 2.24) is 0 Å². The van der Waals surface area contributed by atoms with E-state index in [-0.39, 0.29) is 6.10 Å². The SMILES string of the molecule is COCOC/C=C\C(OCOC)C(C)C. The van der Waals surface area contributed by atoms with Crippen LogP contribution in [-0.2, 0) is 18.9 Å². The topological polar surface area (TPSA) is 36.9 Å². The zero-order valence-electron chi connectivity index (χ0n) is 10.1. The van der Waals surface area contributed by atoms with Crippen LogP contribution in [0.3, 0.4) is 0 Å². The second-order valence-corrected chi connectivity index (χ2v) is 3.49. The average molecular weight is 218 g/mol. The predicted molar refractivity (Wildman–Crippen MR) is 58.6 cm³/mol. The quantitative estimate of drug-likeness (QED) is 0.336. The summed E-state index contributed by atoms with van der Waals surface area (Å²) < 4.78 is 20.2. The van der Waals surface area contributed by atoms with Crippen LogP contribution in [0.25, 0.3) is 0 Å². The molecule has 0 radical (unpaired) electrons. The Hall–Kier alpha value is -0.420. The normalized spacial score (nSPS) is 13.9. The molecule has 15 heavy (non-hydrogen) atoms. The molecule has 0 heterocycles. The minimum absolute atomic E-state index is 0.0658. The van der Waals surface area contributed by atoms with E-state index in [0.29, 0.717) is 26.1 Å². The van der Waals surface area contributed by atoms with E-state index < -0.39 is 0 Å².